The van der Waals surface area contributed by atoms with Crippen molar-refractivity contribution in [1.29, 1.82) is 0 Å². The minimum Gasteiger partial charge on any atom is -0.431 e. The Morgan fingerprint density at radius 1 is 0.529 bits per heavy atom. The fourth-order valence-electron chi connectivity index (χ4n) is 5.16. The first-order valence-electron chi connectivity index (χ1n) is 8.04. The van der Waals surface area contributed by atoms with Gasteiger partial charge in [0.1, 0.15) is 0 Å². The second kappa shape index (κ2) is 5.04. The van der Waals surface area contributed by atoms with Gasteiger partial charge in [-0.2, -0.15) is 0 Å². The van der Waals surface area contributed by atoms with Gasteiger partial charge in [-0.05, 0) is 16.6 Å². The Morgan fingerprint density at radius 3 is 1.00 bits per heavy atom. The monoisotopic (exact) mass is 252 g/mol. The Balaban J connectivity index is 1.81. The van der Waals surface area contributed by atoms with Gasteiger partial charge in [-0.25, -0.2) is 0 Å². The summed E-state index contributed by atoms with van der Waals surface area (Å²) >= 11 is 0. The average Bonchev–Trinajstić information content (AvgIpc) is 3.10. The highest BCUT2D eigenvalue weighted by atomic mass is 28.4. The molecular formula is C15H28OSi. The largest absolute Gasteiger partial charge is 0.431 e. The first-order valence-corrected chi connectivity index (χ1v) is 10.2. The summed E-state index contributed by atoms with van der Waals surface area (Å²) in [7, 11) is -1.95. The zero-order valence-corrected chi connectivity index (χ0v) is 12.2. The molecule has 98 valence electrons. The molecule has 3 fully saturated rings. The Bertz CT molecular complexity index is 207. The molecule has 0 heterocycles. The zero-order valence-electron chi connectivity index (χ0n) is 11.2. The third kappa shape index (κ3) is 2.12. The number of hydrogen-bond donors (Lipinski definition) is 1. The van der Waals surface area contributed by atoms with E-state index in [-0.39, 0.29) is 0 Å². The normalized spacial score (nSPS) is 29.5. The van der Waals surface area contributed by atoms with E-state index in [4.69, 9.17) is 0 Å². The Hall–Kier alpha value is 0.177. The molecule has 0 aromatic carbocycles. The Kier molecular flexibility index (Phi) is 3.63. The van der Waals surface area contributed by atoms with E-state index in [1.54, 1.807) is 0 Å². The van der Waals surface area contributed by atoms with E-state index in [1.807, 2.05) is 0 Å². The van der Waals surface area contributed by atoms with Crippen LogP contribution in [0.2, 0.25) is 16.6 Å². The third-order valence-electron chi connectivity index (χ3n) is 6.03. The van der Waals surface area contributed by atoms with Crippen LogP contribution in [0.1, 0.15) is 77.0 Å². The van der Waals surface area contributed by atoms with Crippen LogP contribution in [-0.2, 0) is 0 Å². The predicted molar refractivity (Wildman–Crippen MR) is 74.6 cm³/mol. The molecule has 2 heteroatoms. The van der Waals surface area contributed by atoms with Gasteiger partial charge in [0.25, 0.3) is 0 Å². The lowest BCUT2D eigenvalue weighted by molar-refractivity contribution is 0.440. The van der Waals surface area contributed by atoms with Crippen molar-refractivity contribution in [3.8, 4) is 0 Å². The summed E-state index contributed by atoms with van der Waals surface area (Å²) in [6, 6.07) is 0. The van der Waals surface area contributed by atoms with Gasteiger partial charge in [-0.3, -0.25) is 0 Å². The minimum absolute atomic E-state index is 0.786. The molecular weight excluding hydrogens is 224 g/mol. The minimum atomic E-state index is -1.95. The molecule has 1 N–H and O–H groups in total. The van der Waals surface area contributed by atoms with Crippen LogP contribution in [0.15, 0.2) is 0 Å². The second-order valence-corrected chi connectivity index (χ2v) is 11.1. The van der Waals surface area contributed by atoms with Gasteiger partial charge in [-0.15, -0.1) is 0 Å². The first kappa shape index (κ1) is 12.2. The quantitative estimate of drug-likeness (QED) is 0.718. The van der Waals surface area contributed by atoms with Crippen LogP contribution < -0.4 is 0 Å². The fourth-order valence-corrected chi connectivity index (χ4v) is 11.2. The summed E-state index contributed by atoms with van der Waals surface area (Å²) in [6.07, 6.45) is 16.6. The van der Waals surface area contributed by atoms with E-state index in [0.717, 1.165) is 16.6 Å². The maximum absolute atomic E-state index is 11.6. The van der Waals surface area contributed by atoms with E-state index in [2.05, 4.69) is 0 Å². The van der Waals surface area contributed by atoms with Crippen LogP contribution in [0, 0.1) is 0 Å². The molecule has 17 heavy (non-hydrogen) atoms. The SMILES string of the molecule is O[Si](C1CCCC1)(C1CCCC1)C1CCCC1. The lowest BCUT2D eigenvalue weighted by Gasteiger charge is -2.41. The van der Waals surface area contributed by atoms with Gasteiger partial charge < -0.3 is 4.80 Å². The zero-order chi connectivity index (χ0) is 11.7. The number of rotatable bonds is 3. The van der Waals surface area contributed by atoms with Crippen molar-refractivity contribution in [2.75, 3.05) is 0 Å². The van der Waals surface area contributed by atoms with E-state index >= 15 is 0 Å². The van der Waals surface area contributed by atoms with Crippen molar-refractivity contribution < 1.29 is 4.80 Å². The van der Waals surface area contributed by atoms with E-state index < -0.39 is 8.32 Å². The molecule has 3 rings (SSSR count). The molecule has 0 saturated heterocycles. The van der Waals surface area contributed by atoms with Crippen molar-refractivity contribution >= 4 is 8.32 Å². The van der Waals surface area contributed by atoms with Crippen LogP contribution in [0.25, 0.3) is 0 Å². The standard InChI is InChI=1S/C15H28OSi/c16-17(13-7-1-2-8-13,14-9-3-4-10-14)15-11-5-6-12-15/h13-16H,1-12H2. The Morgan fingerprint density at radius 2 is 0.765 bits per heavy atom. The molecule has 0 aromatic heterocycles. The van der Waals surface area contributed by atoms with Crippen LogP contribution in [-0.4, -0.2) is 13.1 Å². The topological polar surface area (TPSA) is 20.2 Å². The maximum Gasteiger partial charge on any atom is 0.197 e. The summed E-state index contributed by atoms with van der Waals surface area (Å²) in [5.41, 5.74) is 2.36. The van der Waals surface area contributed by atoms with Crippen molar-refractivity contribution in [2.24, 2.45) is 0 Å². The highest BCUT2D eigenvalue weighted by Crippen LogP contribution is 2.56. The van der Waals surface area contributed by atoms with Gasteiger partial charge >= 0.3 is 0 Å². The highest BCUT2D eigenvalue weighted by molar-refractivity contribution is 6.77. The lowest BCUT2D eigenvalue weighted by Crippen LogP contribution is -2.47. The molecule has 0 aromatic rings. The molecule has 0 amide bonds. The van der Waals surface area contributed by atoms with Crippen molar-refractivity contribution in [1.82, 2.24) is 0 Å². The molecule has 3 aliphatic carbocycles. The molecule has 3 saturated carbocycles. The lowest BCUT2D eigenvalue weighted by atomic mass is 10.3. The van der Waals surface area contributed by atoms with Gasteiger partial charge in [-0.1, -0.05) is 77.0 Å². The summed E-state index contributed by atoms with van der Waals surface area (Å²) < 4.78 is 0. The smallest absolute Gasteiger partial charge is 0.197 e. The molecule has 0 spiro atoms. The molecule has 0 bridgehead atoms. The Labute approximate surface area is 107 Å². The molecule has 0 aliphatic heterocycles. The maximum atomic E-state index is 11.6. The summed E-state index contributed by atoms with van der Waals surface area (Å²) in [6.45, 7) is 0. The molecule has 0 radical (unpaired) electrons. The van der Waals surface area contributed by atoms with E-state index in [9.17, 15) is 4.80 Å². The van der Waals surface area contributed by atoms with Gasteiger partial charge in [0.05, 0.1) is 0 Å². The van der Waals surface area contributed by atoms with Crippen LogP contribution >= 0.6 is 0 Å². The molecule has 0 atom stereocenters. The highest BCUT2D eigenvalue weighted by Gasteiger charge is 2.53. The summed E-state index contributed by atoms with van der Waals surface area (Å²) in [5, 5.41) is 0. The van der Waals surface area contributed by atoms with Gasteiger partial charge in [0.2, 0.25) is 0 Å². The molecule has 1 nitrogen and oxygen atoms in total. The molecule has 3 aliphatic rings. The van der Waals surface area contributed by atoms with Crippen LogP contribution in [0.3, 0.4) is 0 Å². The summed E-state index contributed by atoms with van der Waals surface area (Å²) in [4.78, 5) is 11.6. The van der Waals surface area contributed by atoms with Crippen molar-refractivity contribution in [3.63, 3.8) is 0 Å². The predicted octanol–water partition coefficient (Wildman–Crippen LogP) is 4.76. The average molecular weight is 252 g/mol. The van der Waals surface area contributed by atoms with Crippen LogP contribution in [0.5, 0.6) is 0 Å². The van der Waals surface area contributed by atoms with E-state index in [1.165, 1.54) is 77.0 Å². The van der Waals surface area contributed by atoms with Crippen molar-refractivity contribution in [3.05, 3.63) is 0 Å². The van der Waals surface area contributed by atoms with E-state index in [0.29, 0.717) is 0 Å². The number of hydrogen-bond acceptors (Lipinski definition) is 1. The van der Waals surface area contributed by atoms with Gasteiger partial charge in [0.15, 0.2) is 8.32 Å². The van der Waals surface area contributed by atoms with Crippen LogP contribution in [0.4, 0.5) is 0 Å². The second-order valence-electron chi connectivity index (χ2n) is 6.83. The molecule has 0 unspecified atom stereocenters. The van der Waals surface area contributed by atoms with Crippen molar-refractivity contribution in [2.45, 2.75) is 93.7 Å². The first-order chi connectivity index (χ1) is 8.32. The van der Waals surface area contributed by atoms with Gasteiger partial charge in [0, 0.05) is 0 Å². The fraction of sp³-hybridized carbons (Fsp3) is 1.00. The summed E-state index contributed by atoms with van der Waals surface area (Å²) in [5.74, 6) is 0. The third-order valence-corrected chi connectivity index (χ3v) is 11.7.